The molecule has 0 amide bonds. The van der Waals surface area contributed by atoms with E-state index in [2.05, 4.69) is 10.1 Å². The summed E-state index contributed by atoms with van der Waals surface area (Å²) in [7, 11) is 1.22. The van der Waals surface area contributed by atoms with Crippen molar-refractivity contribution in [2.75, 3.05) is 51.9 Å². The van der Waals surface area contributed by atoms with Gasteiger partial charge in [0.25, 0.3) is 5.69 Å². The molecule has 0 atom stereocenters. The summed E-state index contributed by atoms with van der Waals surface area (Å²) in [6.07, 6.45) is 0. The van der Waals surface area contributed by atoms with Crippen LogP contribution >= 0.6 is 0 Å². The Kier molecular flexibility index (Phi) is 8.58. The van der Waals surface area contributed by atoms with Crippen LogP contribution in [0.25, 0.3) is 0 Å². The number of carbonyl (C=O) groups excluding carboxylic acids is 1. The van der Waals surface area contributed by atoms with Crippen molar-refractivity contribution >= 4 is 17.3 Å². The molecule has 0 aliphatic heterocycles. The summed E-state index contributed by atoms with van der Waals surface area (Å²) in [6, 6.07) is 4.10. The number of nitrogens with one attached hydrogen (secondary N) is 1. The summed E-state index contributed by atoms with van der Waals surface area (Å²) < 4.78 is 15.0. The molecule has 23 heavy (non-hydrogen) atoms. The van der Waals surface area contributed by atoms with Gasteiger partial charge >= 0.3 is 5.97 Å². The van der Waals surface area contributed by atoms with E-state index in [1.54, 1.807) is 0 Å². The van der Waals surface area contributed by atoms with Gasteiger partial charge in [0.15, 0.2) is 0 Å². The molecule has 1 aromatic rings. The summed E-state index contributed by atoms with van der Waals surface area (Å²) in [4.78, 5) is 21.9. The Morgan fingerprint density at radius 2 is 1.96 bits per heavy atom. The number of benzene rings is 1. The minimum absolute atomic E-state index is 0.123. The fourth-order valence-electron chi connectivity index (χ4n) is 1.74. The second kappa shape index (κ2) is 10.5. The van der Waals surface area contributed by atoms with Crippen LogP contribution in [0.3, 0.4) is 0 Å². The number of nitro groups is 1. The lowest BCUT2D eigenvalue weighted by molar-refractivity contribution is -0.384. The maximum atomic E-state index is 11.4. The van der Waals surface area contributed by atoms with E-state index in [0.29, 0.717) is 45.2 Å². The SMILES string of the molecule is COC(=O)c1ccc(NCCOCCOCCN)c([N+](=O)[O-])c1. The van der Waals surface area contributed by atoms with E-state index >= 15 is 0 Å². The third-order valence-corrected chi connectivity index (χ3v) is 2.81. The lowest BCUT2D eigenvalue weighted by Crippen LogP contribution is -2.15. The highest BCUT2D eigenvalue weighted by molar-refractivity contribution is 5.91. The van der Waals surface area contributed by atoms with Crippen LogP contribution in [0.5, 0.6) is 0 Å². The van der Waals surface area contributed by atoms with Crippen molar-refractivity contribution in [2.24, 2.45) is 5.73 Å². The third kappa shape index (κ3) is 6.59. The van der Waals surface area contributed by atoms with Gasteiger partial charge in [-0.25, -0.2) is 4.79 Å². The van der Waals surface area contributed by atoms with Crippen molar-refractivity contribution in [3.05, 3.63) is 33.9 Å². The van der Waals surface area contributed by atoms with E-state index in [-0.39, 0.29) is 11.3 Å². The smallest absolute Gasteiger partial charge is 0.338 e. The van der Waals surface area contributed by atoms with Crippen LogP contribution < -0.4 is 11.1 Å². The monoisotopic (exact) mass is 327 g/mol. The highest BCUT2D eigenvalue weighted by Gasteiger charge is 2.17. The largest absolute Gasteiger partial charge is 0.465 e. The Hall–Kier alpha value is -2.23. The number of hydrogen-bond acceptors (Lipinski definition) is 8. The van der Waals surface area contributed by atoms with Crippen LogP contribution in [-0.2, 0) is 14.2 Å². The summed E-state index contributed by atoms with van der Waals surface area (Å²) in [6.45, 7) is 2.57. The predicted molar refractivity (Wildman–Crippen MR) is 83.6 cm³/mol. The molecule has 3 N–H and O–H groups in total. The lowest BCUT2D eigenvalue weighted by atomic mass is 10.1. The fraction of sp³-hybridized carbons (Fsp3) is 0.500. The van der Waals surface area contributed by atoms with Gasteiger partial charge in [-0.3, -0.25) is 10.1 Å². The number of esters is 1. The molecule has 0 saturated carbocycles. The van der Waals surface area contributed by atoms with Gasteiger partial charge in [0.2, 0.25) is 0 Å². The van der Waals surface area contributed by atoms with Crippen LogP contribution in [0.2, 0.25) is 0 Å². The molecule has 0 saturated heterocycles. The maximum absolute atomic E-state index is 11.4. The van der Waals surface area contributed by atoms with E-state index < -0.39 is 10.9 Å². The average molecular weight is 327 g/mol. The van der Waals surface area contributed by atoms with E-state index in [1.807, 2.05) is 0 Å². The van der Waals surface area contributed by atoms with Gasteiger partial charge in [0.05, 0.1) is 44.0 Å². The second-order valence-electron chi connectivity index (χ2n) is 4.42. The molecule has 9 nitrogen and oxygen atoms in total. The lowest BCUT2D eigenvalue weighted by Gasteiger charge is -2.09. The standard InChI is InChI=1S/C14H21N3O6/c1-21-14(18)11-2-3-12(13(10-11)17(19)20)16-5-7-23-9-8-22-6-4-15/h2-3,10,16H,4-9,15H2,1H3. The molecule has 0 spiro atoms. The minimum atomic E-state index is -0.625. The summed E-state index contributed by atoms with van der Waals surface area (Å²) in [5.41, 5.74) is 5.51. The quantitative estimate of drug-likeness (QED) is 0.264. The van der Waals surface area contributed by atoms with Crippen molar-refractivity contribution in [1.29, 1.82) is 0 Å². The first-order valence-corrected chi connectivity index (χ1v) is 7.06. The van der Waals surface area contributed by atoms with Crippen molar-refractivity contribution in [3.8, 4) is 0 Å². The zero-order chi connectivity index (χ0) is 17.1. The number of nitro benzene ring substituents is 1. The van der Waals surface area contributed by atoms with Crippen LogP contribution in [-0.4, -0.2) is 57.5 Å². The van der Waals surface area contributed by atoms with Gasteiger partial charge in [-0.2, -0.15) is 0 Å². The molecular formula is C14H21N3O6. The Balaban J connectivity index is 2.47. The normalized spacial score (nSPS) is 10.3. The third-order valence-electron chi connectivity index (χ3n) is 2.81. The first-order valence-electron chi connectivity index (χ1n) is 7.06. The number of hydrogen-bond donors (Lipinski definition) is 2. The molecule has 0 unspecified atom stereocenters. The number of nitrogens with zero attached hydrogens (tertiary/aromatic N) is 1. The van der Waals surface area contributed by atoms with E-state index in [4.69, 9.17) is 15.2 Å². The molecule has 0 heterocycles. The van der Waals surface area contributed by atoms with E-state index in [9.17, 15) is 14.9 Å². The van der Waals surface area contributed by atoms with Crippen molar-refractivity contribution < 1.29 is 23.9 Å². The van der Waals surface area contributed by atoms with E-state index in [0.717, 1.165) is 0 Å². The Morgan fingerprint density at radius 1 is 1.26 bits per heavy atom. The Bertz CT molecular complexity index is 523. The van der Waals surface area contributed by atoms with Crippen molar-refractivity contribution in [3.63, 3.8) is 0 Å². The van der Waals surface area contributed by atoms with Crippen LogP contribution in [0, 0.1) is 10.1 Å². The number of methoxy groups -OCH3 is 1. The molecule has 9 heteroatoms. The summed E-state index contributed by atoms with van der Waals surface area (Å²) in [5.74, 6) is -0.625. The predicted octanol–water partition coefficient (Wildman–Crippen LogP) is 0.785. The number of nitrogens with two attached hydrogens (primary N) is 1. The van der Waals surface area contributed by atoms with Crippen molar-refractivity contribution in [2.45, 2.75) is 0 Å². The molecular weight excluding hydrogens is 306 g/mol. The molecule has 128 valence electrons. The molecule has 0 bridgehead atoms. The van der Waals surface area contributed by atoms with Crippen LogP contribution in [0.15, 0.2) is 18.2 Å². The molecule has 0 radical (unpaired) electrons. The highest BCUT2D eigenvalue weighted by atomic mass is 16.6. The number of ether oxygens (including phenoxy) is 3. The highest BCUT2D eigenvalue weighted by Crippen LogP contribution is 2.25. The van der Waals surface area contributed by atoms with Crippen LogP contribution in [0.4, 0.5) is 11.4 Å². The molecule has 0 aliphatic carbocycles. The van der Waals surface area contributed by atoms with Gasteiger partial charge in [-0.1, -0.05) is 0 Å². The zero-order valence-corrected chi connectivity index (χ0v) is 12.9. The minimum Gasteiger partial charge on any atom is -0.465 e. The summed E-state index contributed by atoms with van der Waals surface area (Å²) in [5, 5.41) is 14.0. The number of carbonyl (C=O) groups is 1. The Labute approximate surface area is 133 Å². The Morgan fingerprint density at radius 3 is 2.57 bits per heavy atom. The molecule has 1 aromatic carbocycles. The molecule has 1 rings (SSSR count). The fourth-order valence-corrected chi connectivity index (χ4v) is 1.74. The number of anilines is 1. The van der Waals surface area contributed by atoms with Crippen molar-refractivity contribution in [1.82, 2.24) is 0 Å². The van der Waals surface area contributed by atoms with Gasteiger partial charge in [-0.15, -0.1) is 0 Å². The first-order chi connectivity index (χ1) is 11.1. The van der Waals surface area contributed by atoms with Gasteiger partial charge in [0, 0.05) is 19.2 Å². The molecule has 0 fully saturated rings. The first kappa shape index (κ1) is 18.8. The van der Waals surface area contributed by atoms with E-state index in [1.165, 1.54) is 25.3 Å². The molecule has 0 aromatic heterocycles. The molecule has 0 aliphatic rings. The number of rotatable bonds is 11. The van der Waals surface area contributed by atoms with Crippen LogP contribution in [0.1, 0.15) is 10.4 Å². The van der Waals surface area contributed by atoms with Gasteiger partial charge < -0.3 is 25.3 Å². The zero-order valence-electron chi connectivity index (χ0n) is 12.9. The maximum Gasteiger partial charge on any atom is 0.338 e. The topological polar surface area (TPSA) is 126 Å². The second-order valence-corrected chi connectivity index (χ2v) is 4.42. The summed E-state index contributed by atoms with van der Waals surface area (Å²) >= 11 is 0. The average Bonchev–Trinajstić information content (AvgIpc) is 2.56. The van der Waals surface area contributed by atoms with Gasteiger partial charge in [0.1, 0.15) is 5.69 Å². The van der Waals surface area contributed by atoms with Gasteiger partial charge in [-0.05, 0) is 12.1 Å².